The monoisotopic (exact) mass is 613 g/mol. The van der Waals surface area contributed by atoms with Gasteiger partial charge in [-0.05, 0) is 71.7 Å². The molecule has 1 saturated heterocycles. The number of alkyl halides is 1. The number of nitrogens with two attached hydrogens (primary N) is 1. The van der Waals surface area contributed by atoms with Crippen LogP contribution in [0.15, 0.2) is 48.9 Å². The van der Waals surface area contributed by atoms with Gasteiger partial charge in [-0.2, -0.15) is 5.10 Å². The van der Waals surface area contributed by atoms with Crippen molar-refractivity contribution in [1.82, 2.24) is 19.6 Å². The summed E-state index contributed by atoms with van der Waals surface area (Å²) in [5, 5.41) is 3.95. The van der Waals surface area contributed by atoms with E-state index < -0.39 is 38.4 Å². The molecule has 4 atom stereocenters. The quantitative estimate of drug-likeness (QED) is 0.330. The van der Waals surface area contributed by atoms with Crippen LogP contribution >= 0.6 is 0 Å². The summed E-state index contributed by atoms with van der Waals surface area (Å²) in [6.07, 6.45) is 7.91. The van der Waals surface area contributed by atoms with Gasteiger partial charge in [-0.15, -0.1) is 0 Å². The fraction of sp³-hybridized carbons (Fsp3) is 0.452. The summed E-state index contributed by atoms with van der Waals surface area (Å²) in [5.74, 6) is -1.33. The first kappa shape index (κ1) is 29.7. The summed E-state index contributed by atoms with van der Waals surface area (Å²) in [4.78, 5) is 8.85. The number of sulfone groups is 1. The molecular formula is C31H34F3N5O3S. The Labute approximate surface area is 248 Å². The van der Waals surface area contributed by atoms with Gasteiger partial charge < -0.3 is 10.5 Å². The third kappa shape index (κ3) is 5.67. The molecule has 4 heterocycles. The second-order valence-corrected chi connectivity index (χ2v) is 14.2. The van der Waals surface area contributed by atoms with Gasteiger partial charge >= 0.3 is 0 Å². The fourth-order valence-corrected chi connectivity index (χ4v) is 8.66. The number of nitrogens with zero attached hydrogens (tertiary/aromatic N) is 4. The molecule has 0 bridgehead atoms. The van der Waals surface area contributed by atoms with Crippen LogP contribution in [0.5, 0.6) is 0 Å². The van der Waals surface area contributed by atoms with Crippen LogP contribution in [0.4, 0.5) is 13.2 Å². The van der Waals surface area contributed by atoms with Crippen LogP contribution in [-0.2, 0) is 26.7 Å². The molecule has 8 nitrogen and oxygen atoms in total. The van der Waals surface area contributed by atoms with E-state index >= 15 is 13.2 Å². The summed E-state index contributed by atoms with van der Waals surface area (Å²) >= 11 is 0. The maximum Gasteiger partial charge on any atom is 0.152 e. The highest BCUT2D eigenvalue weighted by molar-refractivity contribution is 7.91. The van der Waals surface area contributed by atoms with Crippen LogP contribution in [0.3, 0.4) is 0 Å². The van der Waals surface area contributed by atoms with Crippen LogP contribution in [0, 0.1) is 17.6 Å². The number of aromatic nitrogens is 4. The van der Waals surface area contributed by atoms with Crippen molar-refractivity contribution < 1.29 is 26.3 Å². The Kier molecular flexibility index (Phi) is 7.80. The Morgan fingerprint density at radius 2 is 1.81 bits per heavy atom. The van der Waals surface area contributed by atoms with Gasteiger partial charge in [0.1, 0.15) is 23.1 Å². The second-order valence-electron chi connectivity index (χ2n) is 12.0. The maximum absolute atomic E-state index is 15.4. The molecule has 3 aromatic heterocycles. The molecule has 2 aliphatic rings. The SMILES string of the molecule is C[C@H]1C[C@@H](c2ccncc2Cc2ncc3ccc(-c4c(F)cc(C5(F)CCOCC5)cc4F)nn23)C[C@@H](N)[C@H]1S(C)(=O)=O. The Bertz CT molecular complexity index is 1740. The molecule has 0 radical (unpaired) electrons. The van der Waals surface area contributed by atoms with Gasteiger partial charge in [0.25, 0.3) is 0 Å². The lowest BCUT2D eigenvalue weighted by atomic mass is 9.75. The first-order valence-corrected chi connectivity index (χ1v) is 16.4. The van der Waals surface area contributed by atoms with E-state index in [0.29, 0.717) is 30.6 Å². The van der Waals surface area contributed by atoms with E-state index in [0.717, 1.165) is 23.3 Å². The summed E-state index contributed by atoms with van der Waals surface area (Å²) in [7, 11) is -3.29. The highest BCUT2D eigenvalue weighted by atomic mass is 32.2. The number of pyridine rings is 1. The molecule has 0 unspecified atom stereocenters. The fourth-order valence-electron chi connectivity index (χ4n) is 6.96. The zero-order chi connectivity index (χ0) is 30.5. The smallest absolute Gasteiger partial charge is 0.152 e. The zero-order valence-corrected chi connectivity index (χ0v) is 24.8. The van der Waals surface area contributed by atoms with E-state index in [1.165, 1.54) is 12.3 Å². The molecule has 228 valence electrons. The molecule has 6 rings (SSSR count). The first-order valence-electron chi connectivity index (χ1n) is 14.4. The molecular weight excluding hydrogens is 579 g/mol. The molecule has 1 aliphatic carbocycles. The number of ether oxygens (including phenoxy) is 1. The summed E-state index contributed by atoms with van der Waals surface area (Å²) in [6.45, 7) is 2.30. The predicted molar refractivity (Wildman–Crippen MR) is 156 cm³/mol. The molecule has 1 saturated carbocycles. The van der Waals surface area contributed by atoms with Crippen molar-refractivity contribution in [2.75, 3.05) is 19.5 Å². The number of rotatable bonds is 6. The number of hydrogen-bond donors (Lipinski definition) is 1. The topological polar surface area (TPSA) is 112 Å². The standard InChI is InChI=1S/C31H34F3N5O3S/c1-18-11-19(12-26(35)30(18)43(2,40)41)23-5-8-36-16-20(23)13-28-37-17-22-3-4-27(38-39(22)28)29-24(32)14-21(15-25(29)33)31(34)6-9-42-10-7-31/h3-5,8,14-19,26,30H,6-7,9-13,35H2,1-2H3/t18-,19+,26+,30-/m0/s1. The minimum Gasteiger partial charge on any atom is -0.381 e. The van der Waals surface area contributed by atoms with Crippen LogP contribution in [0.1, 0.15) is 61.0 Å². The van der Waals surface area contributed by atoms with Crippen molar-refractivity contribution in [3.8, 4) is 11.3 Å². The Hall–Kier alpha value is -3.35. The maximum atomic E-state index is 15.4. The van der Waals surface area contributed by atoms with Gasteiger partial charge in [0.15, 0.2) is 9.84 Å². The lowest BCUT2D eigenvalue weighted by Gasteiger charge is -2.38. The van der Waals surface area contributed by atoms with Crippen LogP contribution in [0.2, 0.25) is 0 Å². The first-order chi connectivity index (χ1) is 20.4. The molecule has 4 aromatic rings. The number of halogens is 3. The van der Waals surface area contributed by atoms with Gasteiger partial charge in [-0.1, -0.05) is 6.92 Å². The average molecular weight is 614 g/mol. The van der Waals surface area contributed by atoms with E-state index in [9.17, 15) is 8.42 Å². The van der Waals surface area contributed by atoms with E-state index in [-0.39, 0.29) is 54.7 Å². The summed E-state index contributed by atoms with van der Waals surface area (Å²) < 4.78 is 77.6. The summed E-state index contributed by atoms with van der Waals surface area (Å²) in [6, 6.07) is 6.74. The van der Waals surface area contributed by atoms with Gasteiger partial charge in [-0.25, -0.2) is 31.1 Å². The largest absolute Gasteiger partial charge is 0.381 e. The molecule has 1 aliphatic heterocycles. The highest BCUT2D eigenvalue weighted by Crippen LogP contribution is 2.41. The van der Waals surface area contributed by atoms with Crippen molar-refractivity contribution in [2.45, 2.75) is 61.9 Å². The van der Waals surface area contributed by atoms with E-state index in [1.807, 2.05) is 13.0 Å². The van der Waals surface area contributed by atoms with Crippen molar-refractivity contribution in [1.29, 1.82) is 0 Å². The average Bonchev–Trinajstić information content (AvgIpc) is 3.34. The normalized spacial score (nSPS) is 24.3. The van der Waals surface area contributed by atoms with Crippen LogP contribution < -0.4 is 5.73 Å². The Balaban J connectivity index is 1.31. The van der Waals surface area contributed by atoms with Crippen LogP contribution in [0.25, 0.3) is 16.8 Å². The van der Waals surface area contributed by atoms with Crippen molar-refractivity contribution in [3.63, 3.8) is 0 Å². The zero-order valence-electron chi connectivity index (χ0n) is 24.0. The molecule has 1 aromatic carbocycles. The van der Waals surface area contributed by atoms with Gasteiger partial charge in [0.2, 0.25) is 0 Å². The van der Waals surface area contributed by atoms with E-state index in [2.05, 4.69) is 15.1 Å². The molecule has 43 heavy (non-hydrogen) atoms. The molecule has 2 N–H and O–H groups in total. The second kappa shape index (κ2) is 11.3. The van der Waals surface area contributed by atoms with E-state index in [1.54, 1.807) is 29.2 Å². The lowest BCUT2D eigenvalue weighted by Crippen LogP contribution is -2.48. The van der Waals surface area contributed by atoms with Gasteiger partial charge in [-0.3, -0.25) is 4.98 Å². The highest BCUT2D eigenvalue weighted by Gasteiger charge is 2.40. The molecule has 0 amide bonds. The van der Waals surface area contributed by atoms with Gasteiger partial charge in [0, 0.05) is 57.2 Å². The summed E-state index contributed by atoms with van der Waals surface area (Å²) in [5.41, 5.74) is 6.75. The van der Waals surface area contributed by atoms with Crippen molar-refractivity contribution in [2.24, 2.45) is 11.7 Å². The Morgan fingerprint density at radius 1 is 1.09 bits per heavy atom. The predicted octanol–water partition coefficient (Wildman–Crippen LogP) is 4.89. The Morgan fingerprint density at radius 3 is 2.49 bits per heavy atom. The van der Waals surface area contributed by atoms with Crippen molar-refractivity contribution >= 4 is 15.4 Å². The molecule has 0 spiro atoms. The third-order valence-electron chi connectivity index (χ3n) is 8.98. The number of hydrogen-bond acceptors (Lipinski definition) is 7. The minimum absolute atomic E-state index is 0.0342. The number of benzene rings is 1. The lowest BCUT2D eigenvalue weighted by molar-refractivity contribution is -0.0117. The minimum atomic E-state index is -3.29. The number of fused-ring (bicyclic) bond motifs is 1. The molecule has 12 heteroatoms. The third-order valence-corrected chi connectivity index (χ3v) is 10.8. The number of imidazole rings is 1. The van der Waals surface area contributed by atoms with Gasteiger partial charge in [0.05, 0.1) is 28.2 Å². The molecule has 2 fully saturated rings. The van der Waals surface area contributed by atoms with E-state index in [4.69, 9.17) is 10.5 Å². The van der Waals surface area contributed by atoms with Crippen LogP contribution in [-0.4, -0.2) is 58.8 Å². The van der Waals surface area contributed by atoms with Crippen molar-refractivity contribution in [3.05, 3.63) is 83.1 Å².